The third-order valence-corrected chi connectivity index (χ3v) is 3.89. The second-order valence-corrected chi connectivity index (χ2v) is 5.86. The van der Waals surface area contributed by atoms with E-state index in [0.717, 1.165) is 29.4 Å². The van der Waals surface area contributed by atoms with E-state index in [0.29, 0.717) is 26.6 Å². The molecule has 2 amide bonds. The third kappa shape index (κ3) is 13.1. The number of nitrogens with zero attached hydrogens (tertiary/aromatic N) is 1. The maximum Gasteiger partial charge on any atom is 0.250 e. The van der Waals surface area contributed by atoms with E-state index in [1.54, 1.807) is 12.1 Å². The first-order valence-corrected chi connectivity index (χ1v) is 9.38. The molecular weight excluding hydrogens is 429 g/mol. The molecule has 0 radical (unpaired) electrons. The van der Waals surface area contributed by atoms with Crippen LogP contribution < -0.4 is 5.73 Å². The largest absolute Gasteiger partial charge is 0.372 e. The van der Waals surface area contributed by atoms with Crippen LogP contribution in [-0.4, -0.2) is 49.8 Å². The molecule has 7 nitrogen and oxygen atoms in total. The van der Waals surface area contributed by atoms with Crippen LogP contribution in [0.25, 0.3) is 11.1 Å². The quantitative estimate of drug-likeness (QED) is 0.340. The summed E-state index contributed by atoms with van der Waals surface area (Å²) in [6.07, 6.45) is 3.28. The van der Waals surface area contributed by atoms with Gasteiger partial charge < -0.3 is 10.5 Å². The highest BCUT2D eigenvalue weighted by Gasteiger charge is 2.14. The summed E-state index contributed by atoms with van der Waals surface area (Å²) in [6, 6.07) is 13.9. The molecule has 0 aliphatic heterocycles. The van der Waals surface area contributed by atoms with Crippen molar-refractivity contribution in [3.63, 3.8) is 0 Å². The summed E-state index contributed by atoms with van der Waals surface area (Å²) < 4.78 is 31.0. The number of hydrogen-bond donors (Lipinski definition) is 2. The highest BCUT2D eigenvalue weighted by Crippen LogP contribution is 2.21. The lowest BCUT2D eigenvalue weighted by atomic mass is 10.0. The Kier molecular flexibility index (Phi) is 20.3. The molecule has 0 aromatic heterocycles. The minimum absolute atomic E-state index is 0.134. The molecule has 0 aliphatic rings. The Hall–Kier alpha value is -3.24. The standard InChI is InChI=1S/C20H22FNO3.CH3F.CH3NO.FHO/c1-25-22(12-3-2-4-13-23)20(24)15-16-6-5-7-18(14-16)17-8-10-19(21)11-9-17;1-2;2-1-3;1-2/h5-11,13-14H,2-4,12,15H2,1H3;1H3;1H,(H2,2,3);2H. The second-order valence-electron chi connectivity index (χ2n) is 5.86. The lowest BCUT2D eigenvalue weighted by Crippen LogP contribution is -2.32. The smallest absolute Gasteiger partial charge is 0.250 e. The minimum atomic E-state index is -0.277. The summed E-state index contributed by atoms with van der Waals surface area (Å²) in [5.74, 6) is -0.412. The Morgan fingerprint density at radius 2 is 1.66 bits per heavy atom. The van der Waals surface area contributed by atoms with Crippen molar-refractivity contribution in [1.29, 1.82) is 0 Å². The zero-order chi connectivity index (χ0) is 24.8. The van der Waals surface area contributed by atoms with Crippen LogP contribution in [0.5, 0.6) is 0 Å². The summed E-state index contributed by atoms with van der Waals surface area (Å²) in [6.45, 7) is 0.459. The average Bonchev–Trinajstić information content (AvgIpc) is 2.83. The van der Waals surface area contributed by atoms with Gasteiger partial charge in [-0.2, -0.15) is 0 Å². The summed E-state index contributed by atoms with van der Waals surface area (Å²) >= 11 is 0. The topological polar surface area (TPSA) is 110 Å². The summed E-state index contributed by atoms with van der Waals surface area (Å²) in [5, 5.41) is 6.83. The predicted octanol–water partition coefficient (Wildman–Crippen LogP) is 3.34. The molecule has 0 aliphatic carbocycles. The number of unbranched alkanes of at least 4 members (excludes halogenated alkanes) is 2. The molecule has 10 heteroatoms. The van der Waals surface area contributed by atoms with Crippen molar-refractivity contribution in [2.24, 2.45) is 5.73 Å². The number of carbonyl (C=O) groups excluding carboxylic acids is 3. The number of rotatable bonds is 9. The number of halogens is 3. The van der Waals surface area contributed by atoms with E-state index in [-0.39, 0.29) is 24.6 Å². The maximum atomic E-state index is 13.0. The predicted molar refractivity (Wildman–Crippen MR) is 115 cm³/mol. The molecule has 2 aromatic rings. The Morgan fingerprint density at radius 3 is 2.19 bits per heavy atom. The van der Waals surface area contributed by atoms with Gasteiger partial charge in [-0.15, -0.1) is 0 Å². The van der Waals surface area contributed by atoms with E-state index in [1.807, 2.05) is 24.3 Å². The van der Waals surface area contributed by atoms with E-state index in [1.165, 1.54) is 24.3 Å². The van der Waals surface area contributed by atoms with Gasteiger partial charge in [0.1, 0.15) is 12.1 Å². The number of carbonyl (C=O) groups is 3. The molecule has 178 valence electrons. The normalized spacial score (nSPS) is 8.94. The maximum absolute atomic E-state index is 13.0. The molecule has 3 N–H and O–H groups in total. The van der Waals surface area contributed by atoms with Gasteiger partial charge in [0.15, 0.2) is 0 Å². The van der Waals surface area contributed by atoms with Crippen LogP contribution in [0.4, 0.5) is 13.3 Å². The van der Waals surface area contributed by atoms with Gasteiger partial charge in [0, 0.05) is 13.0 Å². The Bertz CT molecular complexity index is 761. The fraction of sp³-hybridized carbons (Fsp3) is 0.318. The molecule has 2 aromatic carbocycles. The fourth-order valence-corrected chi connectivity index (χ4v) is 2.57. The Morgan fingerprint density at radius 1 is 1.06 bits per heavy atom. The van der Waals surface area contributed by atoms with Crippen LogP contribution in [-0.2, 0) is 25.6 Å². The van der Waals surface area contributed by atoms with E-state index < -0.39 is 0 Å². The molecule has 0 saturated carbocycles. The highest BCUT2D eigenvalue weighted by molar-refractivity contribution is 5.78. The number of hydrogen-bond acceptors (Lipinski definition) is 5. The molecule has 0 spiro atoms. The first-order chi connectivity index (χ1) is 15.5. The van der Waals surface area contributed by atoms with Crippen molar-refractivity contribution in [2.75, 3.05) is 20.8 Å². The monoisotopic (exact) mass is 458 g/mol. The molecule has 32 heavy (non-hydrogen) atoms. The van der Waals surface area contributed by atoms with E-state index in [4.69, 9.17) is 19.5 Å². The van der Waals surface area contributed by atoms with Crippen molar-refractivity contribution in [3.05, 3.63) is 59.9 Å². The summed E-state index contributed by atoms with van der Waals surface area (Å²) in [7, 11) is 1.96. The first-order valence-electron chi connectivity index (χ1n) is 9.38. The molecule has 0 fully saturated rings. The Balaban J connectivity index is 0. The van der Waals surface area contributed by atoms with Gasteiger partial charge in [-0.05, 0) is 41.7 Å². The van der Waals surface area contributed by atoms with E-state index in [2.05, 4.69) is 5.73 Å². The van der Waals surface area contributed by atoms with Gasteiger partial charge in [0.25, 0.3) is 5.91 Å². The van der Waals surface area contributed by atoms with Gasteiger partial charge in [0.2, 0.25) is 6.41 Å². The molecule has 0 heterocycles. The molecule has 2 rings (SSSR count). The minimum Gasteiger partial charge on any atom is -0.372 e. The molecule has 0 saturated heterocycles. The lowest BCUT2D eigenvalue weighted by molar-refractivity contribution is -0.175. The van der Waals surface area contributed by atoms with E-state index >= 15 is 0 Å². The van der Waals surface area contributed by atoms with Crippen molar-refractivity contribution in [1.82, 2.24) is 5.06 Å². The summed E-state index contributed by atoms with van der Waals surface area (Å²) in [5.41, 5.74) is 6.86. The van der Waals surface area contributed by atoms with Gasteiger partial charge in [-0.3, -0.25) is 18.8 Å². The molecule has 0 atom stereocenters. The first kappa shape index (κ1) is 30.9. The van der Waals surface area contributed by atoms with Gasteiger partial charge in [0.05, 0.1) is 20.7 Å². The highest BCUT2D eigenvalue weighted by atomic mass is 19.3. The molecular formula is C22H29F3N2O5. The zero-order valence-electron chi connectivity index (χ0n) is 18.0. The van der Waals surface area contributed by atoms with Crippen molar-refractivity contribution in [3.8, 4) is 11.1 Å². The number of alkyl halides is 1. The number of nitrogens with two attached hydrogens (primary N) is 1. The number of hydroxylamine groups is 2. The average molecular weight is 458 g/mol. The number of amides is 2. The van der Waals surface area contributed by atoms with Crippen LogP contribution in [0.1, 0.15) is 24.8 Å². The summed E-state index contributed by atoms with van der Waals surface area (Å²) in [4.78, 5) is 36.4. The van der Waals surface area contributed by atoms with Crippen molar-refractivity contribution < 1.29 is 37.8 Å². The lowest BCUT2D eigenvalue weighted by Gasteiger charge is -2.19. The van der Waals surface area contributed by atoms with Crippen molar-refractivity contribution in [2.45, 2.75) is 25.7 Å². The van der Waals surface area contributed by atoms with Crippen LogP contribution in [0.3, 0.4) is 0 Å². The third-order valence-electron chi connectivity index (χ3n) is 3.89. The zero-order valence-corrected chi connectivity index (χ0v) is 18.0. The van der Waals surface area contributed by atoms with Gasteiger partial charge in [-0.25, -0.2) is 14.8 Å². The van der Waals surface area contributed by atoms with Gasteiger partial charge in [-0.1, -0.05) is 40.9 Å². The van der Waals surface area contributed by atoms with Gasteiger partial charge >= 0.3 is 0 Å². The van der Waals surface area contributed by atoms with Crippen LogP contribution >= 0.6 is 0 Å². The van der Waals surface area contributed by atoms with E-state index in [9.17, 15) is 18.4 Å². The van der Waals surface area contributed by atoms with Crippen LogP contribution in [0, 0.1) is 5.82 Å². The second kappa shape index (κ2) is 21.0. The van der Waals surface area contributed by atoms with Crippen LogP contribution in [0.2, 0.25) is 0 Å². The number of aldehydes is 1. The number of primary amides is 1. The van der Waals surface area contributed by atoms with Crippen molar-refractivity contribution >= 4 is 18.6 Å². The number of benzene rings is 2. The Labute approximate surface area is 185 Å². The van der Waals surface area contributed by atoms with Crippen LogP contribution in [0.15, 0.2) is 48.5 Å². The SMILES string of the molecule is CF.CON(CCCCC=O)C(=O)Cc1cccc(-c2ccc(F)cc2)c1.NC=O.OF. The fourth-order valence-electron chi connectivity index (χ4n) is 2.57. The molecule has 0 bridgehead atoms. The molecule has 0 unspecified atom stereocenters.